The lowest BCUT2D eigenvalue weighted by Crippen LogP contribution is -2.13. The van der Waals surface area contributed by atoms with Crippen molar-refractivity contribution in [1.82, 2.24) is 5.32 Å². The lowest BCUT2D eigenvalue weighted by atomic mass is 10.2. The number of methoxy groups -OCH3 is 1. The molecule has 0 saturated heterocycles. The maximum Gasteiger partial charge on any atom is 0.0701 e. The predicted molar refractivity (Wildman–Crippen MR) is 81.3 cm³/mol. The van der Waals surface area contributed by atoms with Crippen LogP contribution in [0.15, 0.2) is 0 Å². The van der Waals surface area contributed by atoms with E-state index in [9.17, 15) is 0 Å². The van der Waals surface area contributed by atoms with Gasteiger partial charge in [0.2, 0.25) is 0 Å². The molecule has 0 bridgehead atoms. The predicted octanol–water partition coefficient (Wildman–Crippen LogP) is 1.85. The Morgan fingerprint density at radius 1 is 0.650 bits per heavy atom. The van der Waals surface area contributed by atoms with Crippen molar-refractivity contribution in [3.8, 4) is 0 Å². The second-order valence-electron chi connectivity index (χ2n) is 4.60. The number of hydrogen-bond donors (Lipinski definition) is 1. The molecular weight excluding hydrogens is 258 g/mol. The van der Waals surface area contributed by atoms with Gasteiger partial charge in [-0.3, -0.25) is 0 Å². The quantitative estimate of drug-likeness (QED) is 0.415. The lowest BCUT2D eigenvalue weighted by molar-refractivity contribution is 0.00324. The summed E-state index contributed by atoms with van der Waals surface area (Å²) in [7, 11) is 1.67. The highest BCUT2D eigenvalue weighted by atomic mass is 16.6. The molecule has 0 aliphatic rings. The topological polar surface area (TPSA) is 49.0 Å². The molecule has 0 amide bonds. The van der Waals surface area contributed by atoms with Gasteiger partial charge < -0.3 is 24.3 Å². The maximum atomic E-state index is 5.51. The van der Waals surface area contributed by atoms with Gasteiger partial charge in [-0.15, -0.1) is 0 Å². The highest BCUT2D eigenvalue weighted by Crippen LogP contribution is 1.99. The van der Waals surface area contributed by atoms with Crippen molar-refractivity contribution in [2.45, 2.75) is 32.6 Å². The molecule has 0 atom stereocenters. The number of unbranched alkanes of at least 4 members (excludes halogenated alkanes) is 3. The second-order valence-corrected chi connectivity index (χ2v) is 4.60. The smallest absolute Gasteiger partial charge is 0.0701 e. The standard InChI is InChI=1S/C15H33NO4/c1-3-16-8-6-4-5-7-9-18-12-13-20-15-14-19-11-10-17-2/h16H,3-15H2,1-2H3. The summed E-state index contributed by atoms with van der Waals surface area (Å²) in [5.74, 6) is 0. The average molecular weight is 291 g/mol. The van der Waals surface area contributed by atoms with Gasteiger partial charge in [0.15, 0.2) is 0 Å². The normalized spacial score (nSPS) is 11.1. The Balaban J connectivity index is 2.89. The Bertz CT molecular complexity index is 152. The Morgan fingerprint density at radius 2 is 1.20 bits per heavy atom. The molecule has 20 heavy (non-hydrogen) atoms. The molecule has 0 aliphatic heterocycles. The summed E-state index contributed by atoms with van der Waals surface area (Å²) in [5.41, 5.74) is 0. The van der Waals surface area contributed by atoms with E-state index < -0.39 is 0 Å². The number of nitrogens with one attached hydrogen (secondary N) is 1. The molecule has 0 aromatic rings. The van der Waals surface area contributed by atoms with Gasteiger partial charge in [-0.2, -0.15) is 0 Å². The van der Waals surface area contributed by atoms with E-state index in [-0.39, 0.29) is 0 Å². The Labute approximate surface area is 124 Å². The van der Waals surface area contributed by atoms with Crippen LogP contribution in [0.4, 0.5) is 0 Å². The van der Waals surface area contributed by atoms with Crippen LogP contribution in [-0.2, 0) is 18.9 Å². The van der Waals surface area contributed by atoms with Crippen molar-refractivity contribution >= 4 is 0 Å². The van der Waals surface area contributed by atoms with Crippen molar-refractivity contribution in [3.63, 3.8) is 0 Å². The fourth-order valence-electron chi connectivity index (χ4n) is 1.67. The van der Waals surface area contributed by atoms with Crippen molar-refractivity contribution in [2.24, 2.45) is 0 Å². The monoisotopic (exact) mass is 291 g/mol. The van der Waals surface area contributed by atoms with E-state index in [1.165, 1.54) is 19.3 Å². The van der Waals surface area contributed by atoms with Gasteiger partial charge in [0.05, 0.1) is 39.6 Å². The Kier molecular flexibility index (Phi) is 18.6. The van der Waals surface area contributed by atoms with Gasteiger partial charge in [-0.25, -0.2) is 0 Å². The summed E-state index contributed by atoms with van der Waals surface area (Å²) in [6, 6.07) is 0. The third-order valence-electron chi connectivity index (χ3n) is 2.82. The molecule has 0 aromatic heterocycles. The fourth-order valence-corrected chi connectivity index (χ4v) is 1.67. The van der Waals surface area contributed by atoms with Crippen LogP contribution in [-0.4, -0.2) is 66.4 Å². The van der Waals surface area contributed by atoms with Gasteiger partial charge in [-0.05, 0) is 25.9 Å². The first-order chi connectivity index (χ1) is 9.91. The van der Waals surface area contributed by atoms with E-state index in [2.05, 4.69) is 12.2 Å². The van der Waals surface area contributed by atoms with Gasteiger partial charge >= 0.3 is 0 Å². The Hall–Kier alpha value is -0.200. The molecule has 5 nitrogen and oxygen atoms in total. The van der Waals surface area contributed by atoms with E-state index in [0.717, 1.165) is 26.1 Å². The molecule has 0 fully saturated rings. The summed E-state index contributed by atoms with van der Waals surface area (Å²) in [4.78, 5) is 0. The highest BCUT2D eigenvalue weighted by molar-refractivity contribution is 4.46. The zero-order valence-corrected chi connectivity index (χ0v) is 13.3. The van der Waals surface area contributed by atoms with E-state index >= 15 is 0 Å². The summed E-state index contributed by atoms with van der Waals surface area (Å²) in [5, 5.41) is 3.33. The minimum absolute atomic E-state index is 0.620. The fraction of sp³-hybridized carbons (Fsp3) is 1.00. The van der Waals surface area contributed by atoms with Crippen molar-refractivity contribution in [2.75, 3.05) is 66.4 Å². The molecule has 0 unspecified atom stereocenters. The van der Waals surface area contributed by atoms with E-state index in [0.29, 0.717) is 39.6 Å². The summed E-state index contributed by atoms with van der Waals surface area (Å²) < 4.78 is 21.0. The molecular formula is C15H33NO4. The largest absolute Gasteiger partial charge is 0.382 e. The molecule has 0 aliphatic carbocycles. The zero-order valence-electron chi connectivity index (χ0n) is 13.3. The lowest BCUT2D eigenvalue weighted by Gasteiger charge is -2.06. The third-order valence-corrected chi connectivity index (χ3v) is 2.82. The van der Waals surface area contributed by atoms with Crippen LogP contribution in [0.1, 0.15) is 32.6 Å². The molecule has 0 saturated carbocycles. The third kappa shape index (κ3) is 17.8. The molecule has 122 valence electrons. The van der Waals surface area contributed by atoms with Gasteiger partial charge in [0.25, 0.3) is 0 Å². The average Bonchev–Trinajstić information content (AvgIpc) is 2.47. The van der Waals surface area contributed by atoms with E-state index in [1.54, 1.807) is 7.11 Å². The number of rotatable bonds is 17. The zero-order chi connectivity index (χ0) is 14.7. The van der Waals surface area contributed by atoms with Crippen LogP contribution in [0, 0.1) is 0 Å². The van der Waals surface area contributed by atoms with E-state index in [4.69, 9.17) is 18.9 Å². The van der Waals surface area contributed by atoms with Crippen LogP contribution >= 0.6 is 0 Å². The molecule has 0 radical (unpaired) electrons. The SMILES string of the molecule is CCNCCCCCCOCCOCCOCCOC. The minimum Gasteiger partial charge on any atom is -0.382 e. The van der Waals surface area contributed by atoms with Crippen LogP contribution in [0.5, 0.6) is 0 Å². The minimum atomic E-state index is 0.620. The summed E-state index contributed by atoms with van der Waals surface area (Å²) in [6.45, 7) is 9.02. The van der Waals surface area contributed by atoms with Crippen molar-refractivity contribution < 1.29 is 18.9 Å². The van der Waals surface area contributed by atoms with Gasteiger partial charge in [-0.1, -0.05) is 19.8 Å². The van der Waals surface area contributed by atoms with Gasteiger partial charge in [0, 0.05) is 13.7 Å². The highest BCUT2D eigenvalue weighted by Gasteiger charge is 1.93. The van der Waals surface area contributed by atoms with Crippen molar-refractivity contribution in [3.05, 3.63) is 0 Å². The van der Waals surface area contributed by atoms with Crippen molar-refractivity contribution in [1.29, 1.82) is 0 Å². The van der Waals surface area contributed by atoms with Crippen LogP contribution in [0.2, 0.25) is 0 Å². The summed E-state index contributed by atoms with van der Waals surface area (Å²) >= 11 is 0. The molecule has 0 aromatic carbocycles. The molecule has 5 heteroatoms. The first kappa shape index (κ1) is 19.8. The van der Waals surface area contributed by atoms with Gasteiger partial charge in [0.1, 0.15) is 0 Å². The van der Waals surface area contributed by atoms with Crippen LogP contribution in [0.3, 0.4) is 0 Å². The molecule has 1 N–H and O–H groups in total. The van der Waals surface area contributed by atoms with E-state index in [1.807, 2.05) is 0 Å². The molecule has 0 heterocycles. The number of ether oxygens (including phenoxy) is 4. The molecule has 0 rings (SSSR count). The first-order valence-electron chi connectivity index (χ1n) is 7.84. The summed E-state index contributed by atoms with van der Waals surface area (Å²) in [6.07, 6.45) is 4.94. The van der Waals surface area contributed by atoms with Crippen LogP contribution < -0.4 is 5.32 Å². The number of hydrogen-bond acceptors (Lipinski definition) is 5. The Morgan fingerprint density at radius 3 is 1.80 bits per heavy atom. The second kappa shape index (κ2) is 18.8. The maximum absolute atomic E-state index is 5.51. The first-order valence-corrected chi connectivity index (χ1v) is 7.84. The van der Waals surface area contributed by atoms with Crippen LogP contribution in [0.25, 0.3) is 0 Å². The molecule has 0 spiro atoms.